The number of methoxy groups -OCH3 is 1. The average Bonchev–Trinajstić information content (AvgIpc) is 2.91. The molecule has 0 atom stereocenters. The van der Waals surface area contributed by atoms with Crippen molar-refractivity contribution in [2.24, 2.45) is 0 Å². The lowest BCUT2D eigenvalue weighted by molar-refractivity contribution is 0.414. The second-order valence-corrected chi connectivity index (χ2v) is 4.94. The van der Waals surface area contributed by atoms with Crippen LogP contribution in [0.2, 0.25) is 0 Å². The Bertz CT molecular complexity index is 858. The average molecular weight is 336 g/mol. The summed E-state index contributed by atoms with van der Waals surface area (Å²) in [6, 6.07) is 7.71. The molecule has 0 fully saturated rings. The van der Waals surface area contributed by atoms with Gasteiger partial charge in [-0.2, -0.15) is 0 Å². The van der Waals surface area contributed by atoms with Crippen molar-refractivity contribution >= 4 is 23.6 Å². The molecule has 2 heterocycles. The molecule has 0 amide bonds. The molecule has 0 unspecified atom stereocenters. The third-order valence-electron chi connectivity index (χ3n) is 3.36. The van der Waals surface area contributed by atoms with E-state index in [2.05, 4.69) is 20.3 Å². The van der Waals surface area contributed by atoms with E-state index in [-0.39, 0.29) is 18.0 Å². The number of hydrogen-bond donors (Lipinski definition) is 2. The fraction of sp³-hybridized carbons (Fsp3) is 0.267. The highest BCUT2D eigenvalue weighted by atomic mass is 35.5. The second-order valence-electron chi connectivity index (χ2n) is 4.94. The predicted octanol–water partition coefficient (Wildman–Crippen LogP) is 1.32. The Kier molecular flexibility index (Phi) is 5.36. The van der Waals surface area contributed by atoms with E-state index in [1.54, 1.807) is 25.1 Å². The first-order valence-electron chi connectivity index (χ1n) is 6.93. The summed E-state index contributed by atoms with van der Waals surface area (Å²) in [5.74, 6) is 1.36. The second kappa shape index (κ2) is 7.26. The zero-order chi connectivity index (χ0) is 15.5. The van der Waals surface area contributed by atoms with Gasteiger partial charge in [0.05, 0.1) is 20.0 Å². The van der Waals surface area contributed by atoms with E-state index in [0.717, 1.165) is 11.3 Å². The van der Waals surface area contributed by atoms with Crippen LogP contribution >= 0.6 is 12.4 Å². The number of rotatable bonds is 5. The van der Waals surface area contributed by atoms with Gasteiger partial charge in [-0.25, -0.2) is 9.97 Å². The Hall–Kier alpha value is -2.38. The standard InChI is InChI=1S/C15H17N5O2.ClH/c1-16-7-12-18-14-13(15(21)19-12)20(9-17-14)8-10-4-3-5-11(6-10)22-2;/h3-6,9,16H,7-8H2,1-2H3,(H,18,19,21);1H. The summed E-state index contributed by atoms with van der Waals surface area (Å²) in [6.07, 6.45) is 1.63. The van der Waals surface area contributed by atoms with Crippen LogP contribution in [-0.4, -0.2) is 33.7 Å². The quantitative estimate of drug-likeness (QED) is 0.734. The molecule has 122 valence electrons. The lowest BCUT2D eigenvalue weighted by Crippen LogP contribution is -2.18. The van der Waals surface area contributed by atoms with Crippen molar-refractivity contribution in [3.63, 3.8) is 0 Å². The number of hydrogen-bond acceptors (Lipinski definition) is 5. The maximum absolute atomic E-state index is 12.3. The molecule has 0 saturated heterocycles. The van der Waals surface area contributed by atoms with Crippen LogP contribution in [0.1, 0.15) is 11.4 Å². The highest BCUT2D eigenvalue weighted by Crippen LogP contribution is 2.15. The Morgan fingerprint density at radius 3 is 2.96 bits per heavy atom. The lowest BCUT2D eigenvalue weighted by atomic mass is 10.2. The van der Waals surface area contributed by atoms with Gasteiger partial charge in [0.1, 0.15) is 11.6 Å². The Morgan fingerprint density at radius 1 is 1.39 bits per heavy atom. The smallest absolute Gasteiger partial charge is 0.277 e. The molecule has 7 nitrogen and oxygen atoms in total. The molecular weight excluding hydrogens is 318 g/mol. The van der Waals surface area contributed by atoms with Gasteiger partial charge in [0.2, 0.25) is 0 Å². The van der Waals surface area contributed by atoms with Crippen LogP contribution in [0.3, 0.4) is 0 Å². The maximum Gasteiger partial charge on any atom is 0.277 e. The molecule has 0 spiro atoms. The molecule has 0 aliphatic carbocycles. The SMILES string of the molecule is CNCc1nc2ncn(Cc3cccc(OC)c3)c2c(=O)[nH]1.Cl. The van der Waals surface area contributed by atoms with Crippen LogP contribution in [0.4, 0.5) is 0 Å². The minimum absolute atomic E-state index is 0. The number of halogens is 1. The molecule has 0 bridgehead atoms. The van der Waals surface area contributed by atoms with Crippen LogP contribution in [0, 0.1) is 0 Å². The summed E-state index contributed by atoms with van der Waals surface area (Å²) < 4.78 is 7.01. The van der Waals surface area contributed by atoms with Crippen molar-refractivity contribution in [1.29, 1.82) is 0 Å². The Labute approximate surface area is 139 Å². The first-order chi connectivity index (χ1) is 10.7. The van der Waals surface area contributed by atoms with E-state index in [9.17, 15) is 4.79 Å². The zero-order valence-electron chi connectivity index (χ0n) is 12.9. The summed E-state index contributed by atoms with van der Waals surface area (Å²) in [6.45, 7) is 1.03. The molecule has 0 radical (unpaired) electrons. The highest BCUT2D eigenvalue weighted by Gasteiger charge is 2.10. The van der Waals surface area contributed by atoms with Gasteiger partial charge in [-0.1, -0.05) is 12.1 Å². The molecule has 2 N–H and O–H groups in total. The van der Waals surface area contributed by atoms with E-state index in [4.69, 9.17) is 4.74 Å². The number of H-pyrrole nitrogens is 1. The van der Waals surface area contributed by atoms with E-state index in [0.29, 0.717) is 30.1 Å². The number of aromatic amines is 1. The van der Waals surface area contributed by atoms with Gasteiger partial charge >= 0.3 is 0 Å². The number of ether oxygens (including phenoxy) is 1. The van der Waals surface area contributed by atoms with Gasteiger partial charge in [-0.15, -0.1) is 12.4 Å². The molecule has 8 heteroatoms. The van der Waals surface area contributed by atoms with Gasteiger partial charge in [0.15, 0.2) is 11.2 Å². The maximum atomic E-state index is 12.3. The zero-order valence-corrected chi connectivity index (χ0v) is 13.7. The van der Waals surface area contributed by atoms with Crippen LogP contribution in [-0.2, 0) is 13.1 Å². The number of fused-ring (bicyclic) bond motifs is 1. The topological polar surface area (TPSA) is 84.8 Å². The van der Waals surface area contributed by atoms with E-state index in [1.165, 1.54) is 0 Å². The van der Waals surface area contributed by atoms with Gasteiger partial charge in [-0.05, 0) is 24.7 Å². The van der Waals surface area contributed by atoms with E-state index in [1.807, 2.05) is 24.3 Å². The summed E-state index contributed by atoms with van der Waals surface area (Å²) >= 11 is 0. The van der Waals surface area contributed by atoms with Crippen LogP contribution in [0.15, 0.2) is 35.4 Å². The number of nitrogens with one attached hydrogen (secondary N) is 2. The molecule has 3 rings (SSSR count). The van der Waals surface area contributed by atoms with Crippen molar-refractivity contribution in [3.8, 4) is 5.75 Å². The van der Waals surface area contributed by atoms with Crippen molar-refractivity contribution < 1.29 is 4.74 Å². The largest absolute Gasteiger partial charge is 0.497 e. The van der Waals surface area contributed by atoms with Crippen molar-refractivity contribution in [3.05, 3.63) is 52.3 Å². The first kappa shape index (κ1) is 17.0. The number of imidazole rings is 1. The van der Waals surface area contributed by atoms with Crippen LogP contribution < -0.4 is 15.6 Å². The third-order valence-corrected chi connectivity index (χ3v) is 3.36. The molecule has 0 aliphatic heterocycles. The summed E-state index contributed by atoms with van der Waals surface area (Å²) in [7, 11) is 3.43. The van der Waals surface area contributed by atoms with E-state index >= 15 is 0 Å². The molecule has 3 aromatic rings. The van der Waals surface area contributed by atoms with Crippen molar-refractivity contribution in [2.45, 2.75) is 13.1 Å². The molecule has 1 aromatic carbocycles. The summed E-state index contributed by atoms with van der Waals surface area (Å²) in [4.78, 5) is 23.6. The molecule has 0 saturated carbocycles. The molecular formula is C15H18ClN5O2. The number of aromatic nitrogens is 4. The van der Waals surface area contributed by atoms with Crippen molar-refractivity contribution in [1.82, 2.24) is 24.8 Å². The minimum atomic E-state index is -0.185. The third kappa shape index (κ3) is 3.52. The molecule has 0 aliphatic rings. The van der Waals surface area contributed by atoms with Gasteiger partial charge < -0.3 is 19.6 Å². The van der Waals surface area contributed by atoms with E-state index < -0.39 is 0 Å². The minimum Gasteiger partial charge on any atom is -0.497 e. The van der Waals surface area contributed by atoms with Gasteiger partial charge in [-0.3, -0.25) is 4.79 Å². The molecule has 2 aromatic heterocycles. The summed E-state index contributed by atoms with van der Waals surface area (Å²) in [5.41, 5.74) is 1.77. The highest BCUT2D eigenvalue weighted by molar-refractivity contribution is 5.85. The first-order valence-corrected chi connectivity index (χ1v) is 6.93. The lowest BCUT2D eigenvalue weighted by Gasteiger charge is -2.06. The monoisotopic (exact) mass is 335 g/mol. The number of benzene rings is 1. The normalized spacial score (nSPS) is 10.5. The molecule has 23 heavy (non-hydrogen) atoms. The van der Waals surface area contributed by atoms with Crippen LogP contribution in [0.5, 0.6) is 5.75 Å². The van der Waals surface area contributed by atoms with Gasteiger partial charge in [0, 0.05) is 6.54 Å². The fourth-order valence-electron chi connectivity index (χ4n) is 2.37. The number of nitrogens with zero attached hydrogens (tertiary/aromatic N) is 3. The Balaban J connectivity index is 0.00000192. The van der Waals surface area contributed by atoms with Crippen LogP contribution in [0.25, 0.3) is 11.2 Å². The summed E-state index contributed by atoms with van der Waals surface area (Å²) in [5, 5.41) is 2.95. The van der Waals surface area contributed by atoms with Crippen molar-refractivity contribution in [2.75, 3.05) is 14.2 Å². The van der Waals surface area contributed by atoms with Gasteiger partial charge in [0.25, 0.3) is 5.56 Å². The fourth-order valence-corrected chi connectivity index (χ4v) is 2.37. The predicted molar refractivity (Wildman–Crippen MR) is 90.3 cm³/mol. The Morgan fingerprint density at radius 2 is 2.22 bits per heavy atom.